The van der Waals surface area contributed by atoms with E-state index in [0.29, 0.717) is 0 Å². The quantitative estimate of drug-likeness (QED) is 0.722. The van der Waals surface area contributed by atoms with Crippen molar-refractivity contribution in [3.8, 4) is 11.5 Å². The van der Waals surface area contributed by atoms with Crippen molar-refractivity contribution in [3.63, 3.8) is 0 Å². The standard InChI is InChI=1S/C10H16O2P2/c1-2-3-4-8-5-6-9(11-13)7-10(8)12-14/h5-7H,2-4,13-14H2,1H3. The molecule has 0 heterocycles. The fraction of sp³-hybridized carbons (Fsp3) is 0.400. The van der Waals surface area contributed by atoms with Gasteiger partial charge in [-0.1, -0.05) is 19.4 Å². The minimum absolute atomic E-state index is 0.799. The number of rotatable bonds is 5. The normalized spacial score (nSPS) is 9.93. The lowest BCUT2D eigenvalue weighted by molar-refractivity contribution is 0.605. The van der Waals surface area contributed by atoms with Gasteiger partial charge in [0.25, 0.3) is 0 Å². The van der Waals surface area contributed by atoms with Crippen LogP contribution in [0.3, 0.4) is 0 Å². The summed E-state index contributed by atoms with van der Waals surface area (Å²) in [4.78, 5) is 0. The summed E-state index contributed by atoms with van der Waals surface area (Å²) in [6.45, 7) is 2.18. The molecule has 0 saturated carbocycles. The van der Waals surface area contributed by atoms with E-state index in [1.807, 2.05) is 12.1 Å². The maximum absolute atomic E-state index is 5.21. The van der Waals surface area contributed by atoms with Crippen LogP contribution in [0.4, 0.5) is 0 Å². The lowest BCUT2D eigenvalue weighted by atomic mass is 10.1. The first-order chi connectivity index (χ1) is 6.81. The average Bonchev–Trinajstić information content (AvgIpc) is 2.26. The van der Waals surface area contributed by atoms with Gasteiger partial charge in [0.05, 0.1) is 18.9 Å². The number of aryl methyl sites for hydroxylation is 1. The molecule has 78 valence electrons. The lowest BCUT2D eigenvalue weighted by Crippen LogP contribution is -1.89. The van der Waals surface area contributed by atoms with E-state index in [2.05, 4.69) is 31.9 Å². The predicted molar refractivity (Wildman–Crippen MR) is 65.7 cm³/mol. The molecule has 0 bridgehead atoms. The smallest absolute Gasteiger partial charge is 0.129 e. The zero-order chi connectivity index (χ0) is 10.4. The Morgan fingerprint density at radius 3 is 2.57 bits per heavy atom. The zero-order valence-electron chi connectivity index (χ0n) is 8.32. The van der Waals surface area contributed by atoms with Gasteiger partial charge >= 0.3 is 0 Å². The largest absolute Gasteiger partial charge is 0.480 e. The molecule has 1 rings (SSSR count). The molecule has 0 spiro atoms. The average molecular weight is 230 g/mol. The molecule has 0 aliphatic heterocycles. The molecule has 1 aromatic rings. The Labute approximate surface area is 90.0 Å². The van der Waals surface area contributed by atoms with Crippen LogP contribution in [0.1, 0.15) is 25.3 Å². The molecule has 0 aliphatic rings. The highest BCUT2D eigenvalue weighted by Gasteiger charge is 2.03. The molecule has 0 fully saturated rings. The Morgan fingerprint density at radius 2 is 2.00 bits per heavy atom. The minimum Gasteiger partial charge on any atom is -0.480 e. The van der Waals surface area contributed by atoms with Gasteiger partial charge in [-0.15, -0.1) is 0 Å². The second-order valence-electron chi connectivity index (χ2n) is 3.11. The summed E-state index contributed by atoms with van der Waals surface area (Å²) in [5, 5.41) is 0. The van der Waals surface area contributed by atoms with E-state index >= 15 is 0 Å². The Balaban J connectivity index is 2.82. The van der Waals surface area contributed by atoms with Crippen molar-refractivity contribution in [1.82, 2.24) is 0 Å². The van der Waals surface area contributed by atoms with Crippen LogP contribution in [0.25, 0.3) is 0 Å². The fourth-order valence-corrected chi connectivity index (χ4v) is 1.66. The number of hydrogen-bond acceptors (Lipinski definition) is 2. The third kappa shape index (κ3) is 3.12. The van der Waals surface area contributed by atoms with Crippen LogP contribution < -0.4 is 9.05 Å². The van der Waals surface area contributed by atoms with Gasteiger partial charge in [-0.3, -0.25) is 0 Å². The van der Waals surface area contributed by atoms with E-state index < -0.39 is 0 Å². The van der Waals surface area contributed by atoms with Gasteiger partial charge in [0.15, 0.2) is 0 Å². The van der Waals surface area contributed by atoms with Gasteiger partial charge in [-0.05, 0) is 24.5 Å². The van der Waals surface area contributed by atoms with Crippen LogP contribution in [0, 0.1) is 0 Å². The highest BCUT2D eigenvalue weighted by Crippen LogP contribution is 2.28. The van der Waals surface area contributed by atoms with E-state index in [1.165, 1.54) is 18.4 Å². The molecule has 0 aliphatic carbocycles. The third-order valence-electron chi connectivity index (χ3n) is 2.10. The molecule has 1 aromatic carbocycles. The SMILES string of the molecule is CCCCc1ccc(OP)cc1OP. The van der Waals surface area contributed by atoms with Gasteiger partial charge in [-0.2, -0.15) is 0 Å². The highest BCUT2D eigenvalue weighted by molar-refractivity contribution is 7.10. The van der Waals surface area contributed by atoms with Crippen LogP contribution in [0.5, 0.6) is 11.5 Å². The second kappa shape index (κ2) is 6.22. The number of benzene rings is 1. The fourth-order valence-electron chi connectivity index (χ4n) is 1.29. The van der Waals surface area contributed by atoms with Gasteiger partial charge < -0.3 is 9.05 Å². The van der Waals surface area contributed by atoms with Gasteiger partial charge in [0, 0.05) is 6.07 Å². The first-order valence-corrected chi connectivity index (χ1v) is 5.62. The summed E-state index contributed by atoms with van der Waals surface area (Å²) >= 11 is 0. The molecular formula is C10H16O2P2. The monoisotopic (exact) mass is 230 g/mol. The van der Waals surface area contributed by atoms with Crippen LogP contribution in [-0.4, -0.2) is 0 Å². The van der Waals surface area contributed by atoms with Gasteiger partial charge in [0.1, 0.15) is 11.5 Å². The van der Waals surface area contributed by atoms with Crippen molar-refractivity contribution in [2.45, 2.75) is 26.2 Å². The van der Waals surface area contributed by atoms with E-state index in [1.54, 1.807) is 0 Å². The first kappa shape index (κ1) is 11.8. The highest BCUT2D eigenvalue weighted by atomic mass is 31.0. The molecule has 0 aromatic heterocycles. The Morgan fingerprint density at radius 1 is 1.21 bits per heavy atom. The van der Waals surface area contributed by atoms with Crippen molar-refractivity contribution in [3.05, 3.63) is 23.8 Å². The molecule has 0 saturated heterocycles. The van der Waals surface area contributed by atoms with Crippen molar-refractivity contribution in [2.24, 2.45) is 0 Å². The van der Waals surface area contributed by atoms with Crippen molar-refractivity contribution < 1.29 is 9.05 Å². The van der Waals surface area contributed by atoms with Crippen LogP contribution in [0.2, 0.25) is 0 Å². The van der Waals surface area contributed by atoms with Crippen molar-refractivity contribution >= 4 is 18.9 Å². The summed E-state index contributed by atoms with van der Waals surface area (Å²) in [6.07, 6.45) is 3.43. The van der Waals surface area contributed by atoms with Crippen LogP contribution in [0.15, 0.2) is 18.2 Å². The predicted octanol–water partition coefficient (Wildman–Crippen LogP) is 3.37. The van der Waals surface area contributed by atoms with Crippen molar-refractivity contribution in [2.75, 3.05) is 0 Å². The summed E-state index contributed by atoms with van der Waals surface area (Å²) in [6, 6.07) is 5.89. The van der Waals surface area contributed by atoms with E-state index in [0.717, 1.165) is 17.9 Å². The molecule has 0 radical (unpaired) electrons. The third-order valence-corrected chi connectivity index (χ3v) is 2.63. The molecule has 0 N–H and O–H groups in total. The van der Waals surface area contributed by atoms with Crippen molar-refractivity contribution in [1.29, 1.82) is 0 Å². The van der Waals surface area contributed by atoms with Crippen LogP contribution in [-0.2, 0) is 6.42 Å². The van der Waals surface area contributed by atoms with E-state index in [9.17, 15) is 0 Å². The van der Waals surface area contributed by atoms with E-state index in [4.69, 9.17) is 9.05 Å². The second-order valence-corrected chi connectivity index (χ2v) is 3.58. The maximum atomic E-state index is 5.21. The Hall–Kier alpha value is -0.320. The van der Waals surface area contributed by atoms with Gasteiger partial charge in [0.2, 0.25) is 0 Å². The summed E-state index contributed by atoms with van der Waals surface area (Å²) in [5.41, 5.74) is 1.23. The van der Waals surface area contributed by atoms with Gasteiger partial charge in [-0.25, -0.2) is 0 Å². The molecule has 2 atom stereocenters. The number of hydrogen-bond donors (Lipinski definition) is 0. The lowest BCUT2D eigenvalue weighted by Gasteiger charge is -2.09. The molecule has 2 nitrogen and oxygen atoms in total. The molecule has 2 unspecified atom stereocenters. The maximum Gasteiger partial charge on any atom is 0.129 e. The summed E-state index contributed by atoms with van der Waals surface area (Å²) in [5.74, 6) is 1.68. The first-order valence-electron chi connectivity index (χ1n) is 4.68. The topological polar surface area (TPSA) is 18.5 Å². The molecule has 14 heavy (non-hydrogen) atoms. The minimum atomic E-state index is 0.799. The Kier molecular flexibility index (Phi) is 5.22. The number of unbranched alkanes of at least 4 members (excludes halogenated alkanes) is 1. The summed E-state index contributed by atoms with van der Waals surface area (Å²) < 4.78 is 10.3. The summed E-state index contributed by atoms with van der Waals surface area (Å²) in [7, 11) is 4.50. The Bertz CT molecular complexity index is 289. The molecule has 0 amide bonds. The zero-order valence-corrected chi connectivity index (χ0v) is 10.6. The molecular weight excluding hydrogens is 214 g/mol. The molecule has 4 heteroatoms. The van der Waals surface area contributed by atoms with Crippen LogP contribution >= 0.6 is 18.9 Å². The van der Waals surface area contributed by atoms with E-state index in [-0.39, 0.29) is 0 Å².